The summed E-state index contributed by atoms with van der Waals surface area (Å²) in [7, 11) is 0. The Labute approximate surface area is 187 Å². The number of aliphatic hydroxyl groups is 1. The minimum Gasteiger partial charge on any atom is -0.385 e. The topological polar surface area (TPSA) is 80.8 Å². The van der Waals surface area contributed by atoms with E-state index >= 15 is 0 Å². The standard InChI is InChI=1S/C26H27N5O/c1-16-4-5-21(12-17(16)2)19-6-8-20(9-7-19)26-29-22-10-11-31(14-24(22)30-26)15-25(32)23-13-27-18(3)28-23/h4-13,25,32H,14-15H2,1-3H3,(H,27,28)(H,29,30). The van der Waals surface area contributed by atoms with Crippen LogP contribution in [0.3, 0.4) is 0 Å². The van der Waals surface area contributed by atoms with Gasteiger partial charge in [-0.15, -0.1) is 0 Å². The first-order chi connectivity index (χ1) is 15.5. The summed E-state index contributed by atoms with van der Waals surface area (Å²) in [6.07, 6.45) is 5.12. The highest BCUT2D eigenvalue weighted by Gasteiger charge is 2.20. The summed E-state index contributed by atoms with van der Waals surface area (Å²) in [5.74, 6) is 1.66. The predicted octanol–water partition coefficient (Wildman–Crippen LogP) is 4.91. The van der Waals surface area contributed by atoms with Gasteiger partial charge in [0.15, 0.2) is 0 Å². The highest BCUT2D eigenvalue weighted by Crippen LogP contribution is 2.28. The van der Waals surface area contributed by atoms with E-state index in [1.54, 1.807) is 6.20 Å². The molecule has 162 valence electrons. The number of hydrogen-bond donors (Lipinski definition) is 3. The molecule has 0 aliphatic carbocycles. The number of H-pyrrole nitrogens is 2. The molecular weight excluding hydrogens is 398 g/mol. The first-order valence-electron chi connectivity index (χ1n) is 10.9. The molecule has 3 heterocycles. The second-order valence-electron chi connectivity index (χ2n) is 8.49. The zero-order chi connectivity index (χ0) is 22.2. The Morgan fingerprint density at radius 3 is 2.44 bits per heavy atom. The van der Waals surface area contributed by atoms with Gasteiger partial charge in [0.2, 0.25) is 0 Å². The van der Waals surface area contributed by atoms with Gasteiger partial charge in [0, 0.05) is 24.5 Å². The molecule has 2 aromatic carbocycles. The third kappa shape index (κ3) is 3.97. The van der Waals surface area contributed by atoms with Crippen LogP contribution in [0.1, 0.15) is 40.1 Å². The van der Waals surface area contributed by atoms with Crippen LogP contribution in [0.5, 0.6) is 0 Å². The van der Waals surface area contributed by atoms with Crippen LogP contribution in [0, 0.1) is 20.8 Å². The molecule has 1 aliphatic rings. The van der Waals surface area contributed by atoms with Gasteiger partial charge in [-0.2, -0.15) is 0 Å². The number of aliphatic hydroxyl groups excluding tert-OH is 1. The normalized spacial score (nSPS) is 13.9. The van der Waals surface area contributed by atoms with Crippen LogP contribution in [0.25, 0.3) is 28.6 Å². The number of aromatic nitrogens is 4. The smallest absolute Gasteiger partial charge is 0.138 e. The molecule has 6 nitrogen and oxygen atoms in total. The Bertz CT molecular complexity index is 1280. The van der Waals surface area contributed by atoms with Crippen LogP contribution >= 0.6 is 0 Å². The van der Waals surface area contributed by atoms with Crippen molar-refractivity contribution in [1.82, 2.24) is 24.8 Å². The number of imidazole rings is 2. The minimum atomic E-state index is -0.650. The SMILES string of the molecule is Cc1nc(C(O)CN2C=Cc3[nH]c(-c4ccc(-c5ccc(C)c(C)c5)cc4)nc3C2)c[nH]1. The fourth-order valence-electron chi connectivity index (χ4n) is 4.03. The maximum Gasteiger partial charge on any atom is 0.138 e. The summed E-state index contributed by atoms with van der Waals surface area (Å²) in [5.41, 5.74) is 8.73. The van der Waals surface area contributed by atoms with Crippen LogP contribution in [-0.4, -0.2) is 36.5 Å². The zero-order valence-electron chi connectivity index (χ0n) is 18.6. The van der Waals surface area contributed by atoms with Crippen molar-refractivity contribution in [2.75, 3.05) is 6.54 Å². The second kappa shape index (κ2) is 8.13. The molecule has 4 aromatic rings. The largest absolute Gasteiger partial charge is 0.385 e. The van der Waals surface area contributed by atoms with E-state index in [4.69, 9.17) is 4.98 Å². The van der Waals surface area contributed by atoms with Crippen molar-refractivity contribution in [3.05, 3.63) is 88.9 Å². The predicted molar refractivity (Wildman–Crippen MR) is 127 cm³/mol. The van der Waals surface area contributed by atoms with Gasteiger partial charge in [0.1, 0.15) is 17.8 Å². The van der Waals surface area contributed by atoms with E-state index in [1.165, 1.54) is 22.3 Å². The Hall–Kier alpha value is -3.64. The summed E-state index contributed by atoms with van der Waals surface area (Å²) in [6, 6.07) is 15.1. The summed E-state index contributed by atoms with van der Waals surface area (Å²) in [4.78, 5) is 17.7. The molecular formula is C26H27N5O. The number of nitrogens with zero attached hydrogens (tertiary/aromatic N) is 3. The van der Waals surface area contributed by atoms with E-state index in [2.05, 4.69) is 76.2 Å². The van der Waals surface area contributed by atoms with Crippen molar-refractivity contribution in [3.63, 3.8) is 0 Å². The third-order valence-electron chi connectivity index (χ3n) is 6.09. The Morgan fingerprint density at radius 2 is 1.72 bits per heavy atom. The molecule has 5 rings (SSSR count). The molecule has 1 unspecified atom stereocenters. The summed E-state index contributed by atoms with van der Waals surface area (Å²) in [5, 5.41) is 10.5. The number of fused-ring (bicyclic) bond motifs is 1. The van der Waals surface area contributed by atoms with E-state index in [-0.39, 0.29) is 0 Å². The number of rotatable bonds is 5. The monoisotopic (exact) mass is 425 g/mol. The number of aromatic amines is 2. The van der Waals surface area contributed by atoms with Crippen molar-refractivity contribution in [2.24, 2.45) is 0 Å². The average molecular weight is 426 g/mol. The Balaban J connectivity index is 1.30. The van der Waals surface area contributed by atoms with Crippen LogP contribution in [0.15, 0.2) is 54.9 Å². The van der Waals surface area contributed by atoms with Crippen LogP contribution in [0.2, 0.25) is 0 Å². The zero-order valence-corrected chi connectivity index (χ0v) is 18.6. The fraction of sp³-hybridized carbons (Fsp3) is 0.231. The minimum absolute atomic E-state index is 0.465. The van der Waals surface area contributed by atoms with Crippen LogP contribution in [-0.2, 0) is 6.54 Å². The molecule has 1 aliphatic heterocycles. The molecule has 32 heavy (non-hydrogen) atoms. The van der Waals surface area contributed by atoms with Crippen molar-refractivity contribution < 1.29 is 5.11 Å². The number of β-amino-alcohol motifs (C(OH)–C–C–N with tert-alkyl or cyclic N) is 1. The van der Waals surface area contributed by atoms with E-state index in [0.29, 0.717) is 18.8 Å². The third-order valence-corrected chi connectivity index (χ3v) is 6.09. The second-order valence-corrected chi connectivity index (χ2v) is 8.49. The number of nitrogens with one attached hydrogen (secondary N) is 2. The lowest BCUT2D eigenvalue weighted by Crippen LogP contribution is -2.25. The first-order valence-corrected chi connectivity index (χ1v) is 10.9. The van der Waals surface area contributed by atoms with E-state index in [0.717, 1.165) is 28.6 Å². The van der Waals surface area contributed by atoms with Crippen molar-refractivity contribution in [2.45, 2.75) is 33.4 Å². The van der Waals surface area contributed by atoms with Gasteiger partial charge in [0.25, 0.3) is 0 Å². The van der Waals surface area contributed by atoms with Crippen LogP contribution < -0.4 is 0 Å². The van der Waals surface area contributed by atoms with Crippen molar-refractivity contribution >= 4 is 6.08 Å². The molecule has 0 radical (unpaired) electrons. The number of aryl methyl sites for hydroxylation is 3. The molecule has 0 amide bonds. The summed E-state index contributed by atoms with van der Waals surface area (Å²) < 4.78 is 0. The van der Waals surface area contributed by atoms with Crippen molar-refractivity contribution in [3.8, 4) is 22.5 Å². The number of hydrogen-bond acceptors (Lipinski definition) is 4. The van der Waals surface area contributed by atoms with E-state index < -0.39 is 6.10 Å². The Morgan fingerprint density at radius 1 is 0.969 bits per heavy atom. The molecule has 0 saturated heterocycles. The molecule has 1 atom stereocenters. The van der Waals surface area contributed by atoms with Gasteiger partial charge in [0.05, 0.1) is 23.6 Å². The molecule has 0 fully saturated rings. The summed E-state index contributed by atoms with van der Waals surface area (Å²) in [6.45, 7) is 7.26. The highest BCUT2D eigenvalue weighted by molar-refractivity contribution is 5.69. The molecule has 2 aromatic heterocycles. The maximum absolute atomic E-state index is 10.5. The molecule has 0 bridgehead atoms. The summed E-state index contributed by atoms with van der Waals surface area (Å²) >= 11 is 0. The number of benzene rings is 2. The van der Waals surface area contributed by atoms with Crippen LogP contribution in [0.4, 0.5) is 0 Å². The van der Waals surface area contributed by atoms with Crippen molar-refractivity contribution in [1.29, 1.82) is 0 Å². The fourth-order valence-corrected chi connectivity index (χ4v) is 4.03. The lowest BCUT2D eigenvalue weighted by atomic mass is 9.99. The lowest BCUT2D eigenvalue weighted by molar-refractivity contribution is 0.129. The van der Waals surface area contributed by atoms with Gasteiger partial charge in [-0.25, -0.2) is 9.97 Å². The maximum atomic E-state index is 10.5. The molecule has 0 saturated carbocycles. The molecule has 0 spiro atoms. The quantitative estimate of drug-likeness (QED) is 0.424. The molecule has 6 heteroatoms. The van der Waals surface area contributed by atoms with E-state index in [9.17, 15) is 5.11 Å². The van der Waals surface area contributed by atoms with E-state index in [1.807, 2.05) is 19.2 Å². The lowest BCUT2D eigenvalue weighted by Gasteiger charge is -2.24. The average Bonchev–Trinajstić information content (AvgIpc) is 3.42. The first kappa shape index (κ1) is 20.3. The van der Waals surface area contributed by atoms with Gasteiger partial charge >= 0.3 is 0 Å². The highest BCUT2D eigenvalue weighted by atomic mass is 16.3. The van der Waals surface area contributed by atoms with Gasteiger partial charge in [-0.3, -0.25) is 0 Å². The molecule has 3 N–H and O–H groups in total. The van der Waals surface area contributed by atoms with Gasteiger partial charge in [-0.1, -0.05) is 42.5 Å². The van der Waals surface area contributed by atoms with Gasteiger partial charge in [-0.05, 0) is 49.1 Å². The van der Waals surface area contributed by atoms with Gasteiger partial charge < -0.3 is 20.0 Å². The Kier molecular flexibility index (Phi) is 5.15.